The van der Waals surface area contributed by atoms with Crippen LogP contribution in [0, 0.1) is 0 Å². The lowest BCUT2D eigenvalue weighted by Gasteiger charge is -2.26. The molecule has 0 heterocycles. The summed E-state index contributed by atoms with van der Waals surface area (Å²) in [7, 11) is 0. The first-order valence-corrected chi connectivity index (χ1v) is 35.7. The summed E-state index contributed by atoms with van der Waals surface area (Å²) in [6.07, 6.45) is 0. The largest absolute Gasteiger partial charge is 0.311 e. The Morgan fingerprint density at radius 3 is 0.702 bits per heavy atom. The van der Waals surface area contributed by atoms with Crippen LogP contribution in [0.1, 0.15) is 0 Å². The lowest BCUT2D eigenvalue weighted by atomic mass is 9.96. The molecule has 0 fully saturated rings. The number of hydrogen-bond acceptors (Lipinski definition) is 2. The minimum atomic E-state index is 1.09. The van der Waals surface area contributed by atoms with Gasteiger partial charge in [-0.15, -0.1) is 0 Å². The van der Waals surface area contributed by atoms with Crippen LogP contribution in [0.5, 0.6) is 0 Å². The summed E-state index contributed by atoms with van der Waals surface area (Å²) in [5.41, 5.74) is 28.5. The number of para-hydroxylation sites is 1. The molecule has 0 saturated carbocycles. The first-order valence-electron chi connectivity index (χ1n) is 35.7. The molecular weight excluding hydrogens is 1250 g/mol. The van der Waals surface area contributed by atoms with Crippen molar-refractivity contribution in [2.75, 3.05) is 9.80 Å². The summed E-state index contributed by atoms with van der Waals surface area (Å²) < 4.78 is 0. The summed E-state index contributed by atoms with van der Waals surface area (Å²) >= 11 is 0. The molecule has 2 heteroatoms. The number of nitrogens with zero attached hydrogens (tertiary/aromatic N) is 2. The molecule has 0 atom stereocenters. The van der Waals surface area contributed by atoms with E-state index < -0.39 is 0 Å². The molecular formula is C102H72N2. The van der Waals surface area contributed by atoms with Gasteiger partial charge in [0.05, 0.1) is 0 Å². The molecule has 0 aliphatic heterocycles. The highest BCUT2D eigenvalue weighted by Gasteiger charge is 2.18. The highest BCUT2D eigenvalue weighted by molar-refractivity contribution is 5.99. The fraction of sp³-hybridized carbons (Fsp3) is 0. The first kappa shape index (κ1) is 63.8. The third kappa shape index (κ3) is 13.6. The fourth-order valence-electron chi connectivity index (χ4n) is 14.5. The Labute approximate surface area is 609 Å². The van der Waals surface area contributed by atoms with E-state index in [1.807, 2.05) is 0 Å². The van der Waals surface area contributed by atoms with Crippen LogP contribution in [0.3, 0.4) is 0 Å². The van der Waals surface area contributed by atoms with Gasteiger partial charge in [0.1, 0.15) is 0 Å². The molecule has 0 bridgehead atoms. The van der Waals surface area contributed by atoms with Crippen LogP contribution in [-0.2, 0) is 0 Å². The summed E-state index contributed by atoms with van der Waals surface area (Å²) in [5, 5.41) is 7.58. The van der Waals surface area contributed by atoms with Crippen LogP contribution in [0.4, 0.5) is 34.1 Å². The molecule has 0 aliphatic rings. The van der Waals surface area contributed by atoms with Crippen LogP contribution in [0.25, 0.3) is 132 Å². The zero-order chi connectivity index (χ0) is 69.4. The molecule has 18 aromatic rings. The Bertz CT molecular complexity index is 5780. The predicted octanol–water partition coefficient (Wildman–Crippen LogP) is 28.8. The van der Waals surface area contributed by atoms with E-state index in [1.165, 1.54) is 132 Å². The minimum Gasteiger partial charge on any atom is -0.311 e. The third-order valence-electron chi connectivity index (χ3n) is 20.0. The quantitative estimate of drug-likeness (QED) is 0.101. The van der Waals surface area contributed by atoms with E-state index in [0.29, 0.717) is 0 Å². The van der Waals surface area contributed by atoms with Crippen molar-refractivity contribution in [2.24, 2.45) is 0 Å². The van der Waals surface area contributed by atoms with Gasteiger partial charge in [0.15, 0.2) is 0 Å². The molecule has 18 rings (SSSR count). The molecule has 0 saturated heterocycles. The maximum Gasteiger partial charge on any atom is 0.0462 e. The number of benzene rings is 18. The van der Waals surface area contributed by atoms with Crippen molar-refractivity contribution in [3.8, 4) is 100 Å². The third-order valence-corrected chi connectivity index (χ3v) is 20.0. The van der Waals surface area contributed by atoms with Crippen LogP contribution in [-0.4, -0.2) is 0 Å². The van der Waals surface area contributed by atoms with E-state index in [-0.39, 0.29) is 0 Å². The van der Waals surface area contributed by atoms with E-state index in [2.05, 4.69) is 447 Å². The molecule has 0 amide bonds. The second-order valence-electron chi connectivity index (χ2n) is 26.4. The Balaban J connectivity index is 0.000000168. The maximum atomic E-state index is 2.35. The zero-order valence-electron chi connectivity index (χ0n) is 57.5. The van der Waals surface area contributed by atoms with Crippen molar-refractivity contribution < 1.29 is 0 Å². The lowest BCUT2D eigenvalue weighted by Crippen LogP contribution is -2.09. The van der Waals surface area contributed by atoms with Gasteiger partial charge < -0.3 is 9.80 Å². The van der Waals surface area contributed by atoms with Gasteiger partial charge in [0, 0.05) is 34.1 Å². The SMILES string of the molecule is c1ccc(-c2cccc(-c3ccc(N(c4ccc(-c5ccc(-c6cccc7ccccc67)cc5)cc4)c4ccc(-c5ccc(-c6cccc7ccccc67)cc5)cc4)cc3)c2)cc1.c1ccc(-c2cccc(-c3ccc(N(c4ccccc4)c4ccc(-c5ccc6ccccc6c5)cc4)cc3)c2)cc1. The molecule has 0 aliphatic carbocycles. The lowest BCUT2D eigenvalue weighted by molar-refractivity contribution is 1.28. The average Bonchev–Trinajstić information content (AvgIpc) is 0.807. The van der Waals surface area contributed by atoms with Gasteiger partial charge in [-0.1, -0.05) is 346 Å². The summed E-state index contributed by atoms with van der Waals surface area (Å²) in [6, 6.07) is 157. The van der Waals surface area contributed by atoms with E-state index in [4.69, 9.17) is 0 Å². The molecule has 0 aromatic heterocycles. The van der Waals surface area contributed by atoms with E-state index in [1.54, 1.807) is 0 Å². The van der Waals surface area contributed by atoms with Crippen molar-refractivity contribution in [2.45, 2.75) is 0 Å². The number of hydrogen-bond donors (Lipinski definition) is 0. The van der Waals surface area contributed by atoms with Crippen molar-refractivity contribution in [1.29, 1.82) is 0 Å². The zero-order valence-corrected chi connectivity index (χ0v) is 57.5. The van der Waals surface area contributed by atoms with Gasteiger partial charge in [-0.05, 0) is 223 Å². The van der Waals surface area contributed by atoms with Gasteiger partial charge in [0.25, 0.3) is 0 Å². The first-order chi connectivity index (χ1) is 51.5. The van der Waals surface area contributed by atoms with E-state index in [9.17, 15) is 0 Å². The van der Waals surface area contributed by atoms with Crippen LogP contribution in [0.15, 0.2) is 437 Å². The van der Waals surface area contributed by atoms with Crippen molar-refractivity contribution in [3.05, 3.63) is 437 Å². The smallest absolute Gasteiger partial charge is 0.0462 e. The van der Waals surface area contributed by atoms with Crippen LogP contribution in [0.2, 0.25) is 0 Å². The highest BCUT2D eigenvalue weighted by Crippen LogP contribution is 2.42. The molecule has 0 N–H and O–H groups in total. The van der Waals surface area contributed by atoms with Gasteiger partial charge in [-0.2, -0.15) is 0 Å². The van der Waals surface area contributed by atoms with Crippen molar-refractivity contribution in [3.63, 3.8) is 0 Å². The van der Waals surface area contributed by atoms with E-state index >= 15 is 0 Å². The molecule has 104 heavy (non-hydrogen) atoms. The predicted molar refractivity (Wildman–Crippen MR) is 444 cm³/mol. The highest BCUT2D eigenvalue weighted by atomic mass is 15.1. The molecule has 0 radical (unpaired) electrons. The number of anilines is 6. The second-order valence-corrected chi connectivity index (χ2v) is 26.4. The Hall–Kier alpha value is -13.7. The Morgan fingerprint density at radius 2 is 0.337 bits per heavy atom. The number of fused-ring (bicyclic) bond motifs is 3. The van der Waals surface area contributed by atoms with Gasteiger partial charge in [-0.3, -0.25) is 0 Å². The van der Waals surface area contributed by atoms with Crippen LogP contribution >= 0.6 is 0 Å². The minimum absolute atomic E-state index is 1.09. The average molecular weight is 1330 g/mol. The summed E-state index contributed by atoms with van der Waals surface area (Å²) in [6.45, 7) is 0. The fourth-order valence-corrected chi connectivity index (χ4v) is 14.5. The summed E-state index contributed by atoms with van der Waals surface area (Å²) in [4.78, 5) is 4.67. The Morgan fingerprint density at radius 1 is 0.115 bits per heavy atom. The van der Waals surface area contributed by atoms with Crippen molar-refractivity contribution >= 4 is 66.4 Å². The summed E-state index contributed by atoms with van der Waals surface area (Å²) in [5.74, 6) is 0. The second kappa shape index (κ2) is 29.3. The molecule has 0 unspecified atom stereocenters. The van der Waals surface area contributed by atoms with E-state index in [0.717, 1.165) is 34.1 Å². The van der Waals surface area contributed by atoms with Gasteiger partial charge in [-0.25, -0.2) is 0 Å². The van der Waals surface area contributed by atoms with Gasteiger partial charge in [0.2, 0.25) is 0 Å². The normalized spacial score (nSPS) is 11.1. The van der Waals surface area contributed by atoms with Crippen LogP contribution < -0.4 is 9.80 Å². The standard InChI is InChI=1S/C62H43N.C40H29N/c1-2-11-44(12-3-1)54-17-8-18-55(43-54)49-35-41-58(42-36-49)63(56-37-31-47(32-38-56)45-23-27-52(28-24-45)61-21-9-15-50-13-4-6-19-59(50)61)57-39-33-48(34-40-57)46-25-29-53(30-26-46)62-22-10-16-51-14-5-7-20-60(51)62;1-3-10-30(11-4-1)35-14-9-15-36(28-35)32-20-24-39(25-21-32)41(38-16-5-2-6-17-38)40-26-22-33(23-27-40)37-19-18-31-12-7-8-13-34(31)29-37/h1-43H;1-29H. The van der Waals surface area contributed by atoms with Crippen molar-refractivity contribution in [1.82, 2.24) is 0 Å². The number of rotatable bonds is 15. The van der Waals surface area contributed by atoms with Gasteiger partial charge >= 0.3 is 0 Å². The molecule has 0 spiro atoms. The maximum absolute atomic E-state index is 2.35. The molecule has 490 valence electrons. The molecule has 2 nitrogen and oxygen atoms in total. The monoisotopic (exact) mass is 1320 g/mol. The Kier molecular flexibility index (Phi) is 17.9. The topological polar surface area (TPSA) is 6.48 Å². The molecule has 18 aromatic carbocycles.